The number of hydrogen-bond acceptors (Lipinski definition) is 4. The van der Waals surface area contributed by atoms with E-state index in [0.717, 1.165) is 30.8 Å². The summed E-state index contributed by atoms with van der Waals surface area (Å²) in [6, 6.07) is 17.0. The van der Waals surface area contributed by atoms with E-state index >= 15 is 0 Å². The van der Waals surface area contributed by atoms with Gasteiger partial charge in [-0.25, -0.2) is 4.79 Å². The molecule has 6 nitrogen and oxygen atoms in total. The Labute approximate surface area is 178 Å². The van der Waals surface area contributed by atoms with Crippen LogP contribution in [0.2, 0.25) is 0 Å². The quantitative estimate of drug-likeness (QED) is 0.699. The molecule has 0 spiro atoms. The van der Waals surface area contributed by atoms with Crippen LogP contribution in [0, 0.1) is 0 Å². The lowest BCUT2D eigenvalue weighted by molar-refractivity contribution is -0.122. The van der Waals surface area contributed by atoms with E-state index in [1.807, 2.05) is 48.5 Å². The Hall–Kier alpha value is -2.86. The van der Waals surface area contributed by atoms with Crippen LogP contribution in [0.5, 0.6) is 0 Å². The molecule has 2 aromatic carbocycles. The van der Waals surface area contributed by atoms with Crippen molar-refractivity contribution < 1.29 is 14.3 Å². The number of rotatable bonds is 8. The molecule has 3 rings (SSSR count). The predicted molar refractivity (Wildman–Crippen MR) is 117 cm³/mol. The fourth-order valence-electron chi connectivity index (χ4n) is 3.59. The van der Waals surface area contributed by atoms with Gasteiger partial charge in [0, 0.05) is 13.1 Å². The summed E-state index contributed by atoms with van der Waals surface area (Å²) in [5.74, 6) is -0.237. The fraction of sp³-hybridized carbons (Fsp3) is 0.417. The summed E-state index contributed by atoms with van der Waals surface area (Å²) in [6.07, 6.45) is 3.21. The summed E-state index contributed by atoms with van der Waals surface area (Å²) in [7, 11) is 0. The fourth-order valence-corrected chi connectivity index (χ4v) is 3.59. The van der Waals surface area contributed by atoms with Gasteiger partial charge in [-0.1, -0.05) is 61.0 Å². The average Bonchev–Trinajstić information content (AvgIpc) is 2.78. The molecule has 2 amide bonds. The third-order valence-electron chi connectivity index (χ3n) is 5.35. The van der Waals surface area contributed by atoms with Crippen molar-refractivity contribution in [2.24, 2.45) is 0 Å². The number of benzene rings is 2. The minimum atomic E-state index is -0.678. The molecule has 1 aliphatic heterocycles. The van der Waals surface area contributed by atoms with E-state index in [1.54, 1.807) is 6.92 Å². The number of alkyl carbamates (subject to hydrolysis) is 1. The molecule has 0 radical (unpaired) electrons. The Balaban J connectivity index is 1.44. The average molecular weight is 410 g/mol. The first kappa shape index (κ1) is 21.8. The molecule has 0 aromatic heterocycles. The Bertz CT molecular complexity index is 819. The van der Waals surface area contributed by atoms with Gasteiger partial charge in [0.1, 0.15) is 12.6 Å². The van der Waals surface area contributed by atoms with Crippen molar-refractivity contribution in [3.8, 4) is 0 Å². The maximum atomic E-state index is 12.4. The van der Waals surface area contributed by atoms with E-state index in [4.69, 9.17) is 4.74 Å². The van der Waals surface area contributed by atoms with Crippen LogP contribution < -0.4 is 10.6 Å². The van der Waals surface area contributed by atoms with Crippen molar-refractivity contribution in [2.75, 3.05) is 13.1 Å². The number of likely N-dealkylation sites (tertiary alicyclic amines) is 1. The number of carbonyl (C=O) groups excluding carboxylic acids is 2. The van der Waals surface area contributed by atoms with E-state index in [-0.39, 0.29) is 12.5 Å². The summed E-state index contributed by atoms with van der Waals surface area (Å²) >= 11 is 0. The van der Waals surface area contributed by atoms with Crippen LogP contribution in [0.1, 0.15) is 42.9 Å². The van der Waals surface area contributed by atoms with E-state index in [0.29, 0.717) is 6.54 Å². The van der Waals surface area contributed by atoms with Crippen LogP contribution in [0.15, 0.2) is 54.6 Å². The third-order valence-corrected chi connectivity index (χ3v) is 5.35. The Morgan fingerprint density at radius 2 is 1.63 bits per heavy atom. The third kappa shape index (κ3) is 6.88. The molecule has 0 aliphatic carbocycles. The standard InChI is InChI=1S/C24H31N3O3/c1-19(26-24(29)30-18-20-10-4-2-5-11-20)23(28)25-16-21-12-6-7-13-22(21)17-27-14-8-3-9-15-27/h2,4-7,10-13,19H,3,8-9,14-18H2,1H3,(H,25,28)(H,26,29)/t19-/m0/s1. The Kier molecular flexibility index (Phi) is 8.27. The van der Waals surface area contributed by atoms with Gasteiger partial charge in [0.2, 0.25) is 5.91 Å². The summed E-state index contributed by atoms with van der Waals surface area (Å²) in [5.41, 5.74) is 3.24. The molecule has 0 bridgehead atoms. The lowest BCUT2D eigenvalue weighted by Crippen LogP contribution is -2.44. The number of amides is 2. The van der Waals surface area contributed by atoms with Gasteiger partial charge in [-0.2, -0.15) is 0 Å². The summed E-state index contributed by atoms with van der Waals surface area (Å²) in [4.78, 5) is 26.9. The van der Waals surface area contributed by atoms with Crippen molar-refractivity contribution in [1.82, 2.24) is 15.5 Å². The molecular weight excluding hydrogens is 378 g/mol. The first-order valence-electron chi connectivity index (χ1n) is 10.7. The van der Waals surface area contributed by atoms with E-state index in [2.05, 4.69) is 21.6 Å². The van der Waals surface area contributed by atoms with Gasteiger partial charge in [0.05, 0.1) is 0 Å². The minimum absolute atomic E-state index is 0.172. The molecule has 2 N–H and O–H groups in total. The molecule has 1 heterocycles. The number of piperidine rings is 1. The van der Waals surface area contributed by atoms with Gasteiger partial charge in [0.25, 0.3) is 0 Å². The van der Waals surface area contributed by atoms with E-state index in [9.17, 15) is 9.59 Å². The molecule has 6 heteroatoms. The van der Waals surface area contributed by atoms with Crippen LogP contribution in [0.4, 0.5) is 4.79 Å². The molecule has 1 aliphatic rings. The monoisotopic (exact) mass is 409 g/mol. The van der Waals surface area contributed by atoms with Gasteiger partial charge in [-0.15, -0.1) is 0 Å². The van der Waals surface area contributed by atoms with Gasteiger partial charge in [0.15, 0.2) is 0 Å². The number of hydrogen-bond donors (Lipinski definition) is 2. The van der Waals surface area contributed by atoms with Gasteiger partial charge in [-0.3, -0.25) is 9.69 Å². The van der Waals surface area contributed by atoms with E-state index < -0.39 is 12.1 Å². The number of ether oxygens (including phenoxy) is 1. The summed E-state index contributed by atoms with van der Waals surface area (Å²) in [5, 5.41) is 5.51. The molecular formula is C24H31N3O3. The molecule has 0 saturated carbocycles. The minimum Gasteiger partial charge on any atom is -0.445 e. The summed E-state index contributed by atoms with van der Waals surface area (Å²) in [6.45, 7) is 5.43. The molecule has 30 heavy (non-hydrogen) atoms. The van der Waals surface area contributed by atoms with Crippen molar-refractivity contribution in [1.29, 1.82) is 0 Å². The topological polar surface area (TPSA) is 70.7 Å². The molecule has 2 aromatic rings. The smallest absolute Gasteiger partial charge is 0.408 e. The highest BCUT2D eigenvalue weighted by Crippen LogP contribution is 2.16. The largest absolute Gasteiger partial charge is 0.445 e. The first-order valence-corrected chi connectivity index (χ1v) is 10.7. The molecule has 0 unspecified atom stereocenters. The zero-order valence-corrected chi connectivity index (χ0v) is 17.6. The van der Waals surface area contributed by atoms with Crippen LogP contribution in [0.3, 0.4) is 0 Å². The van der Waals surface area contributed by atoms with Crippen molar-refractivity contribution in [3.05, 3.63) is 71.3 Å². The lowest BCUT2D eigenvalue weighted by Gasteiger charge is -2.27. The highest BCUT2D eigenvalue weighted by atomic mass is 16.5. The Morgan fingerprint density at radius 3 is 2.37 bits per heavy atom. The SMILES string of the molecule is C[C@H](NC(=O)OCc1ccccc1)C(=O)NCc1ccccc1CN1CCCCC1. The maximum Gasteiger partial charge on any atom is 0.408 e. The first-order chi connectivity index (χ1) is 14.6. The second-order valence-corrected chi connectivity index (χ2v) is 7.75. The normalized spacial score (nSPS) is 15.2. The molecule has 1 atom stereocenters. The molecule has 160 valence electrons. The van der Waals surface area contributed by atoms with E-state index in [1.165, 1.54) is 24.8 Å². The zero-order chi connectivity index (χ0) is 21.2. The van der Waals surface area contributed by atoms with Crippen molar-refractivity contribution in [2.45, 2.75) is 51.9 Å². The number of carbonyl (C=O) groups is 2. The van der Waals surface area contributed by atoms with Gasteiger partial charge >= 0.3 is 6.09 Å². The van der Waals surface area contributed by atoms with Crippen LogP contribution in [-0.2, 0) is 29.2 Å². The number of nitrogens with one attached hydrogen (secondary N) is 2. The highest BCUT2D eigenvalue weighted by molar-refractivity contribution is 5.85. The van der Waals surface area contributed by atoms with Crippen molar-refractivity contribution >= 4 is 12.0 Å². The van der Waals surface area contributed by atoms with Crippen LogP contribution in [0.25, 0.3) is 0 Å². The lowest BCUT2D eigenvalue weighted by atomic mass is 10.0. The maximum absolute atomic E-state index is 12.4. The summed E-state index contributed by atoms with van der Waals surface area (Å²) < 4.78 is 5.18. The van der Waals surface area contributed by atoms with Crippen LogP contribution >= 0.6 is 0 Å². The Morgan fingerprint density at radius 1 is 0.967 bits per heavy atom. The predicted octanol–water partition coefficient (Wildman–Crippen LogP) is 3.60. The number of nitrogens with zero attached hydrogens (tertiary/aromatic N) is 1. The second kappa shape index (κ2) is 11.4. The highest BCUT2D eigenvalue weighted by Gasteiger charge is 2.17. The molecule has 1 saturated heterocycles. The molecule has 1 fully saturated rings. The van der Waals surface area contributed by atoms with Gasteiger partial charge < -0.3 is 15.4 Å². The van der Waals surface area contributed by atoms with Crippen molar-refractivity contribution in [3.63, 3.8) is 0 Å². The van der Waals surface area contributed by atoms with Crippen LogP contribution in [-0.4, -0.2) is 36.0 Å². The van der Waals surface area contributed by atoms with Gasteiger partial charge in [-0.05, 0) is 49.5 Å². The zero-order valence-electron chi connectivity index (χ0n) is 17.6. The second-order valence-electron chi connectivity index (χ2n) is 7.75.